The van der Waals surface area contributed by atoms with Gasteiger partial charge in [-0.2, -0.15) is 0 Å². The number of halogens is 2. The first-order valence-electron chi connectivity index (χ1n) is 6.63. The third-order valence-corrected chi connectivity index (χ3v) is 4.99. The van der Waals surface area contributed by atoms with Crippen LogP contribution in [0.3, 0.4) is 0 Å². The van der Waals surface area contributed by atoms with Crippen molar-refractivity contribution in [1.82, 2.24) is 10.2 Å². The number of amides is 1. The molecule has 2 fully saturated rings. The number of hydrogen-bond acceptors (Lipinski definition) is 2. The van der Waals surface area contributed by atoms with E-state index < -0.39 is 0 Å². The molecule has 102 valence electrons. The van der Waals surface area contributed by atoms with Gasteiger partial charge in [0.05, 0.1) is 5.56 Å². The highest BCUT2D eigenvalue weighted by atomic mass is 79.9. The number of hydrogen-bond donors (Lipinski definition) is 1. The van der Waals surface area contributed by atoms with E-state index in [0.717, 1.165) is 30.5 Å². The number of nitrogens with one attached hydrogen (secondary N) is 1. The van der Waals surface area contributed by atoms with Gasteiger partial charge in [-0.1, -0.05) is 11.6 Å². The molecule has 2 aliphatic rings. The predicted molar refractivity (Wildman–Crippen MR) is 79.6 cm³/mol. The molecular formula is C14H16BrClN2O. The number of carbonyl (C=O) groups is 1. The Morgan fingerprint density at radius 2 is 2.26 bits per heavy atom. The quantitative estimate of drug-likeness (QED) is 0.850. The van der Waals surface area contributed by atoms with Crippen molar-refractivity contribution < 1.29 is 4.79 Å². The van der Waals surface area contributed by atoms with Crippen LogP contribution in [0.5, 0.6) is 0 Å². The maximum Gasteiger partial charge on any atom is 0.255 e. The SMILES string of the molecule is O=C(c1ccc(Cl)cc1Br)N1CCCC2CNCC21. The highest BCUT2D eigenvalue weighted by molar-refractivity contribution is 9.10. The Bertz CT molecular complexity index is 508. The number of piperidine rings is 1. The lowest BCUT2D eigenvalue weighted by molar-refractivity contribution is 0.0574. The van der Waals surface area contributed by atoms with Gasteiger partial charge in [0.25, 0.3) is 5.91 Å². The van der Waals surface area contributed by atoms with Crippen LogP contribution in [0.1, 0.15) is 23.2 Å². The molecule has 1 amide bonds. The van der Waals surface area contributed by atoms with E-state index in [0.29, 0.717) is 22.5 Å². The number of rotatable bonds is 1. The third-order valence-electron chi connectivity index (χ3n) is 4.10. The highest BCUT2D eigenvalue weighted by Gasteiger charge is 2.37. The molecule has 2 heterocycles. The molecule has 0 saturated carbocycles. The summed E-state index contributed by atoms with van der Waals surface area (Å²) in [5, 5.41) is 4.04. The van der Waals surface area contributed by atoms with Crippen molar-refractivity contribution in [2.45, 2.75) is 18.9 Å². The fourth-order valence-corrected chi connectivity index (χ4v) is 3.99. The molecule has 0 bridgehead atoms. The Morgan fingerprint density at radius 3 is 3.05 bits per heavy atom. The second kappa shape index (κ2) is 5.43. The molecule has 0 radical (unpaired) electrons. The number of benzene rings is 1. The van der Waals surface area contributed by atoms with Crippen molar-refractivity contribution in [3.8, 4) is 0 Å². The van der Waals surface area contributed by atoms with E-state index in [2.05, 4.69) is 21.2 Å². The smallest absolute Gasteiger partial charge is 0.255 e. The third kappa shape index (κ3) is 2.54. The number of likely N-dealkylation sites (tertiary alicyclic amines) is 1. The normalized spacial score (nSPS) is 26.3. The fourth-order valence-electron chi connectivity index (χ4n) is 3.14. The van der Waals surface area contributed by atoms with Crippen molar-refractivity contribution in [3.63, 3.8) is 0 Å². The van der Waals surface area contributed by atoms with Crippen molar-refractivity contribution in [3.05, 3.63) is 33.3 Å². The van der Waals surface area contributed by atoms with Gasteiger partial charge < -0.3 is 10.2 Å². The van der Waals surface area contributed by atoms with Crippen molar-refractivity contribution in [2.75, 3.05) is 19.6 Å². The summed E-state index contributed by atoms with van der Waals surface area (Å²) in [5.41, 5.74) is 0.706. The molecule has 2 unspecified atom stereocenters. The maximum atomic E-state index is 12.7. The van der Waals surface area contributed by atoms with Crippen LogP contribution in [-0.2, 0) is 0 Å². The molecule has 1 N–H and O–H groups in total. The highest BCUT2D eigenvalue weighted by Crippen LogP contribution is 2.30. The van der Waals surface area contributed by atoms with Crippen LogP contribution in [-0.4, -0.2) is 36.5 Å². The zero-order chi connectivity index (χ0) is 13.4. The van der Waals surface area contributed by atoms with Gasteiger partial charge in [-0.25, -0.2) is 0 Å². The molecule has 0 aliphatic carbocycles. The molecule has 2 atom stereocenters. The summed E-state index contributed by atoms with van der Waals surface area (Å²) in [6, 6.07) is 5.71. The maximum absolute atomic E-state index is 12.7. The Balaban J connectivity index is 1.86. The second-order valence-corrected chi connectivity index (χ2v) is 6.54. The zero-order valence-electron chi connectivity index (χ0n) is 10.5. The van der Waals surface area contributed by atoms with E-state index in [1.807, 2.05) is 4.90 Å². The summed E-state index contributed by atoms with van der Waals surface area (Å²) in [4.78, 5) is 14.7. The zero-order valence-corrected chi connectivity index (χ0v) is 12.9. The van der Waals surface area contributed by atoms with E-state index in [-0.39, 0.29) is 5.91 Å². The van der Waals surface area contributed by atoms with E-state index in [1.165, 1.54) is 6.42 Å². The molecule has 0 aromatic heterocycles. The molecule has 3 rings (SSSR count). The van der Waals surface area contributed by atoms with Gasteiger partial charge in [-0.15, -0.1) is 0 Å². The topological polar surface area (TPSA) is 32.3 Å². The molecule has 0 spiro atoms. The summed E-state index contributed by atoms with van der Waals surface area (Å²) in [7, 11) is 0. The van der Waals surface area contributed by atoms with Crippen molar-refractivity contribution in [2.24, 2.45) is 5.92 Å². The number of nitrogens with zero attached hydrogens (tertiary/aromatic N) is 1. The Kier molecular flexibility index (Phi) is 3.83. The van der Waals surface area contributed by atoms with Gasteiger partial charge >= 0.3 is 0 Å². The van der Waals surface area contributed by atoms with Crippen molar-refractivity contribution in [1.29, 1.82) is 0 Å². The largest absolute Gasteiger partial charge is 0.334 e. The van der Waals surface area contributed by atoms with Gasteiger partial charge in [0, 0.05) is 35.2 Å². The summed E-state index contributed by atoms with van der Waals surface area (Å²) in [6.45, 7) is 2.81. The minimum Gasteiger partial charge on any atom is -0.334 e. The predicted octanol–water partition coefficient (Wildman–Crippen LogP) is 2.93. The second-order valence-electron chi connectivity index (χ2n) is 5.25. The molecular weight excluding hydrogens is 328 g/mol. The summed E-state index contributed by atoms with van der Waals surface area (Å²) in [6.07, 6.45) is 2.32. The first-order valence-corrected chi connectivity index (χ1v) is 7.80. The van der Waals surface area contributed by atoms with Gasteiger partial charge in [0.2, 0.25) is 0 Å². The number of carbonyl (C=O) groups excluding carboxylic acids is 1. The molecule has 2 aliphatic heterocycles. The van der Waals surface area contributed by atoms with E-state index in [9.17, 15) is 4.79 Å². The molecule has 3 nitrogen and oxygen atoms in total. The molecule has 5 heteroatoms. The first kappa shape index (κ1) is 13.4. The van der Waals surface area contributed by atoms with Crippen LogP contribution in [0.25, 0.3) is 0 Å². The van der Waals surface area contributed by atoms with Crippen LogP contribution < -0.4 is 5.32 Å². The summed E-state index contributed by atoms with van der Waals surface area (Å²) < 4.78 is 0.776. The molecule has 1 aromatic carbocycles. The lowest BCUT2D eigenvalue weighted by Crippen LogP contribution is -2.48. The van der Waals surface area contributed by atoms with Crippen LogP contribution >= 0.6 is 27.5 Å². The fraction of sp³-hybridized carbons (Fsp3) is 0.500. The minimum atomic E-state index is 0.113. The molecule has 2 saturated heterocycles. The monoisotopic (exact) mass is 342 g/mol. The van der Waals surface area contributed by atoms with Gasteiger partial charge in [0.1, 0.15) is 0 Å². The standard InChI is InChI=1S/C14H16BrClN2O/c15-12-6-10(16)3-4-11(12)14(19)18-5-1-2-9-7-17-8-13(9)18/h3-4,6,9,13,17H,1-2,5,7-8H2. The lowest BCUT2D eigenvalue weighted by atomic mass is 9.91. The Morgan fingerprint density at radius 1 is 1.42 bits per heavy atom. The van der Waals surface area contributed by atoms with Crippen LogP contribution in [0, 0.1) is 5.92 Å². The molecule has 19 heavy (non-hydrogen) atoms. The van der Waals surface area contributed by atoms with Crippen molar-refractivity contribution >= 4 is 33.4 Å². The first-order chi connectivity index (χ1) is 9.16. The lowest BCUT2D eigenvalue weighted by Gasteiger charge is -2.37. The van der Waals surface area contributed by atoms with Crippen LogP contribution in [0.4, 0.5) is 0 Å². The van der Waals surface area contributed by atoms with E-state index >= 15 is 0 Å². The minimum absolute atomic E-state index is 0.113. The average molecular weight is 344 g/mol. The Hall–Kier alpha value is -0.580. The number of fused-ring (bicyclic) bond motifs is 1. The van der Waals surface area contributed by atoms with Gasteiger partial charge in [-0.3, -0.25) is 4.79 Å². The summed E-state index contributed by atoms with van der Waals surface area (Å²) >= 11 is 9.37. The van der Waals surface area contributed by atoms with E-state index in [4.69, 9.17) is 11.6 Å². The van der Waals surface area contributed by atoms with Crippen LogP contribution in [0.15, 0.2) is 22.7 Å². The summed E-state index contributed by atoms with van der Waals surface area (Å²) in [5.74, 6) is 0.728. The molecule has 1 aromatic rings. The Labute approximate surface area is 126 Å². The van der Waals surface area contributed by atoms with Gasteiger partial charge in [0.15, 0.2) is 0 Å². The van der Waals surface area contributed by atoms with Gasteiger partial charge in [-0.05, 0) is 52.9 Å². The average Bonchev–Trinajstić information content (AvgIpc) is 2.86. The van der Waals surface area contributed by atoms with Crippen LogP contribution in [0.2, 0.25) is 5.02 Å². The van der Waals surface area contributed by atoms with E-state index in [1.54, 1.807) is 18.2 Å².